The average Bonchev–Trinajstić information content (AvgIpc) is 3.46. The van der Waals surface area contributed by atoms with Gasteiger partial charge < -0.3 is 14.7 Å². The summed E-state index contributed by atoms with van der Waals surface area (Å²) in [5, 5.41) is 7.43. The summed E-state index contributed by atoms with van der Waals surface area (Å²) in [6, 6.07) is 10.8. The third-order valence-corrected chi connectivity index (χ3v) is 7.62. The van der Waals surface area contributed by atoms with Crippen molar-refractivity contribution in [3.8, 4) is 0 Å². The third-order valence-electron chi connectivity index (χ3n) is 7.62. The van der Waals surface area contributed by atoms with Gasteiger partial charge in [-0.05, 0) is 57.2 Å². The number of hydrogen-bond donors (Lipinski definition) is 1. The van der Waals surface area contributed by atoms with Gasteiger partial charge in [0.25, 0.3) is 0 Å². The van der Waals surface area contributed by atoms with Gasteiger partial charge in [0.1, 0.15) is 0 Å². The van der Waals surface area contributed by atoms with Crippen molar-refractivity contribution in [1.29, 1.82) is 0 Å². The Balaban J connectivity index is 1.23. The van der Waals surface area contributed by atoms with E-state index in [-0.39, 0.29) is 17.4 Å². The maximum atomic E-state index is 12.7. The molecule has 1 aromatic carbocycles. The molecule has 1 N–H and O–H groups in total. The van der Waals surface area contributed by atoms with Crippen molar-refractivity contribution in [3.63, 3.8) is 0 Å². The molecular weight excluding hydrogens is 402 g/mol. The number of carbonyl (C=O) groups is 1. The van der Waals surface area contributed by atoms with Crippen LogP contribution >= 0.6 is 0 Å². The minimum Gasteiger partial charge on any atom is -0.353 e. The number of hydrogen-bond acceptors (Lipinski definition) is 6. The Bertz CT molecular complexity index is 910. The van der Waals surface area contributed by atoms with E-state index in [2.05, 4.69) is 55.6 Å². The van der Waals surface area contributed by atoms with E-state index >= 15 is 0 Å². The monoisotopic (exact) mass is 437 g/mol. The van der Waals surface area contributed by atoms with Gasteiger partial charge in [-0.25, -0.2) is 0 Å². The van der Waals surface area contributed by atoms with Crippen LogP contribution < -0.4 is 5.32 Å². The van der Waals surface area contributed by atoms with E-state index in [9.17, 15) is 4.79 Å². The number of aryl methyl sites for hydroxylation is 1. The van der Waals surface area contributed by atoms with E-state index in [1.54, 1.807) is 0 Å². The predicted molar refractivity (Wildman–Crippen MR) is 122 cm³/mol. The molecule has 32 heavy (non-hydrogen) atoms. The molecule has 3 atom stereocenters. The number of nitrogens with one attached hydrogen (secondary N) is 1. The second-order valence-corrected chi connectivity index (χ2v) is 10.0. The van der Waals surface area contributed by atoms with E-state index in [1.165, 1.54) is 24.8 Å². The molecule has 0 radical (unpaired) electrons. The minimum absolute atomic E-state index is 0.166. The molecule has 3 aliphatic rings. The number of aromatic nitrogens is 2. The standard InChI is InChI=1S/C25H35N5O2/c1-19-26-24(32-28-19)25-15-22(27-23(31)10-13-29-11-6-3-7-12-29)14-21(25)17-30(18-25)16-20-8-4-2-5-9-20/h2,4-5,8-9,21-22H,3,6-7,10-18H2,1H3,(H,27,31)/t21-,22+,25-/m0/s1. The molecule has 2 aliphatic heterocycles. The lowest BCUT2D eigenvalue weighted by atomic mass is 9.80. The summed E-state index contributed by atoms with van der Waals surface area (Å²) >= 11 is 0. The van der Waals surface area contributed by atoms with Crippen LogP contribution in [0.3, 0.4) is 0 Å². The molecule has 1 saturated carbocycles. The first-order chi connectivity index (χ1) is 15.6. The molecule has 1 amide bonds. The summed E-state index contributed by atoms with van der Waals surface area (Å²) in [6.07, 6.45) is 6.29. The molecular formula is C25H35N5O2. The van der Waals surface area contributed by atoms with E-state index in [0.29, 0.717) is 18.2 Å². The fourth-order valence-electron chi connectivity index (χ4n) is 6.12. The van der Waals surface area contributed by atoms with Crippen molar-refractivity contribution in [2.45, 2.75) is 63.5 Å². The Labute approximate surface area is 190 Å². The largest absolute Gasteiger partial charge is 0.353 e. The summed E-state index contributed by atoms with van der Waals surface area (Å²) in [5.41, 5.74) is 1.16. The van der Waals surface area contributed by atoms with Crippen LogP contribution in [0.5, 0.6) is 0 Å². The first-order valence-electron chi connectivity index (χ1n) is 12.2. The number of benzene rings is 1. The molecule has 0 bridgehead atoms. The minimum atomic E-state index is -0.166. The topological polar surface area (TPSA) is 74.5 Å². The molecule has 7 nitrogen and oxygen atoms in total. The number of likely N-dealkylation sites (tertiary alicyclic amines) is 2. The zero-order valence-corrected chi connectivity index (χ0v) is 19.1. The summed E-state index contributed by atoms with van der Waals surface area (Å²) < 4.78 is 5.72. The van der Waals surface area contributed by atoms with Crippen molar-refractivity contribution in [2.75, 3.05) is 32.7 Å². The van der Waals surface area contributed by atoms with Crippen LogP contribution in [0.15, 0.2) is 34.9 Å². The number of carbonyl (C=O) groups excluding carboxylic acids is 1. The van der Waals surface area contributed by atoms with Crippen LogP contribution in [-0.2, 0) is 16.8 Å². The second-order valence-electron chi connectivity index (χ2n) is 10.0. The molecule has 2 aromatic rings. The van der Waals surface area contributed by atoms with Crippen LogP contribution in [0.2, 0.25) is 0 Å². The van der Waals surface area contributed by atoms with Crippen LogP contribution in [0.25, 0.3) is 0 Å². The molecule has 2 saturated heterocycles. The van der Waals surface area contributed by atoms with Crippen LogP contribution in [-0.4, -0.2) is 64.6 Å². The van der Waals surface area contributed by atoms with Gasteiger partial charge in [0.05, 0.1) is 5.41 Å². The number of rotatable bonds is 7. The summed E-state index contributed by atoms with van der Waals surface area (Å²) in [4.78, 5) is 22.3. The normalized spacial score (nSPS) is 28.7. The van der Waals surface area contributed by atoms with E-state index in [4.69, 9.17) is 4.52 Å². The first-order valence-corrected chi connectivity index (χ1v) is 12.2. The number of amides is 1. The highest BCUT2D eigenvalue weighted by molar-refractivity contribution is 5.76. The molecule has 7 heteroatoms. The molecule has 1 aromatic heterocycles. The zero-order chi connectivity index (χ0) is 22.0. The Kier molecular flexibility index (Phi) is 6.28. The van der Waals surface area contributed by atoms with Gasteiger partial charge in [-0.1, -0.05) is 41.9 Å². The molecule has 1 aliphatic carbocycles. The highest BCUT2D eigenvalue weighted by Gasteiger charge is 2.57. The number of nitrogens with zero attached hydrogens (tertiary/aromatic N) is 4. The number of fused-ring (bicyclic) bond motifs is 1. The van der Waals surface area contributed by atoms with Gasteiger partial charge >= 0.3 is 0 Å². The lowest BCUT2D eigenvalue weighted by Gasteiger charge is -2.27. The van der Waals surface area contributed by atoms with Gasteiger partial charge in [-0.2, -0.15) is 4.98 Å². The Morgan fingerprint density at radius 1 is 1.19 bits per heavy atom. The molecule has 3 heterocycles. The van der Waals surface area contributed by atoms with Crippen molar-refractivity contribution >= 4 is 5.91 Å². The maximum absolute atomic E-state index is 12.7. The van der Waals surface area contributed by atoms with Crippen molar-refractivity contribution in [1.82, 2.24) is 25.3 Å². The summed E-state index contributed by atoms with van der Waals surface area (Å²) in [6.45, 7) is 7.85. The fraction of sp³-hybridized carbons (Fsp3) is 0.640. The third kappa shape index (κ3) is 4.59. The molecule has 172 valence electrons. The van der Waals surface area contributed by atoms with Crippen LogP contribution in [0.1, 0.15) is 55.8 Å². The van der Waals surface area contributed by atoms with Gasteiger partial charge in [-0.15, -0.1) is 0 Å². The van der Waals surface area contributed by atoms with E-state index in [0.717, 1.165) is 58.0 Å². The Morgan fingerprint density at radius 3 is 2.75 bits per heavy atom. The first kappa shape index (κ1) is 21.6. The van der Waals surface area contributed by atoms with Crippen LogP contribution in [0, 0.1) is 12.8 Å². The Hall–Kier alpha value is -2.25. The summed E-state index contributed by atoms with van der Waals surface area (Å²) in [5.74, 6) is 2.03. The van der Waals surface area contributed by atoms with Gasteiger partial charge in [-0.3, -0.25) is 9.69 Å². The number of piperidine rings is 1. The molecule has 0 spiro atoms. The van der Waals surface area contributed by atoms with Gasteiger partial charge in [0.15, 0.2) is 5.82 Å². The highest BCUT2D eigenvalue weighted by Crippen LogP contribution is 2.50. The van der Waals surface area contributed by atoms with Gasteiger partial charge in [0.2, 0.25) is 11.8 Å². The van der Waals surface area contributed by atoms with E-state index in [1.807, 2.05) is 6.92 Å². The maximum Gasteiger partial charge on any atom is 0.234 e. The highest BCUT2D eigenvalue weighted by atomic mass is 16.5. The average molecular weight is 438 g/mol. The lowest BCUT2D eigenvalue weighted by Crippen LogP contribution is -2.39. The van der Waals surface area contributed by atoms with Crippen molar-refractivity contribution < 1.29 is 9.32 Å². The fourth-order valence-corrected chi connectivity index (χ4v) is 6.12. The van der Waals surface area contributed by atoms with Crippen molar-refractivity contribution in [2.24, 2.45) is 5.92 Å². The zero-order valence-electron chi connectivity index (χ0n) is 19.1. The smallest absolute Gasteiger partial charge is 0.234 e. The molecule has 5 rings (SSSR count). The van der Waals surface area contributed by atoms with E-state index < -0.39 is 0 Å². The Morgan fingerprint density at radius 2 is 2.00 bits per heavy atom. The van der Waals surface area contributed by atoms with Gasteiger partial charge in [0, 0.05) is 38.6 Å². The summed E-state index contributed by atoms with van der Waals surface area (Å²) in [7, 11) is 0. The quantitative estimate of drug-likeness (QED) is 0.718. The lowest BCUT2D eigenvalue weighted by molar-refractivity contribution is -0.122. The second kappa shape index (κ2) is 9.32. The predicted octanol–water partition coefficient (Wildman–Crippen LogP) is 2.90. The SMILES string of the molecule is Cc1noc([C@]23C[C@H](NC(=O)CCN4CCCCC4)C[C@H]2CN(Cc2ccccc2)C3)n1. The molecule has 0 unspecified atom stereocenters. The molecule has 3 fully saturated rings. The van der Waals surface area contributed by atoms with Crippen LogP contribution in [0.4, 0.5) is 0 Å². The van der Waals surface area contributed by atoms with Crippen molar-refractivity contribution in [3.05, 3.63) is 47.6 Å².